The molecular formula is C25H28N2O3S. The van der Waals surface area contributed by atoms with Crippen LogP contribution in [-0.2, 0) is 16.4 Å². The predicted molar refractivity (Wildman–Crippen MR) is 125 cm³/mol. The van der Waals surface area contributed by atoms with Crippen molar-refractivity contribution in [1.29, 1.82) is 0 Å². The molecule has 0 aliphatic carbocycles. The molecule has 0 fully saturated rings. The fourth-order valence-corrected chi connectivity index (χ4v) is 4.89. The zero-order valence-corrected chi connectivity index (χ0v) is 18.7. The second-order valence-corrected chi connectivity index (χ2v) is 9.29. The van der Waals surface area contributed by atoms with Crippen LogP contribution < -0.4 is 9.62 Å². The quantitative estimate of drug-likeness (QED) is 0.531. The molecule has 1 atom stereocenters. The first kappa shape index (κ1) is 22.6. The van der Waals surface area contributed by atoms with Crippen LogP contribution in [0, 0.1) is 0 Å². The molecule has 1 unspecified atom stereocenters. The number of carbonyl (C=O) groups is 1. The molecule has 1 amide bonds. The third-order valence-corrected chi connectivity index (χ3v) is 7.04. The SMILES string of the molecule is CCN(c1ccc(C(=O)NC(C)CCc2ccccc2)cc1)S(=O)(=O)c1ccccc1. The van der Waals surface area contributed by atoms with Crippen molar-refractivity contribution in [2.45, 2.75) is 37.6 Å². The maximum Gasteiger partial charge on any atom is 0.264 e. The second-order valence-electron chi connectivity index (χ2n) is 7.43. The fraction of sp³-hybridized carbons (Fsp3) is 0.240. The van der Waals surface area contributed by atoms with Gasteiger partial charge in [0.1, 0.15) is 0 Å². The molecule has 162 valence electrons. The van der Waals surface area contributed by atoms with Crippen LogP contribution in [0.2, 0.25) is 0 Å². The largest absolute Gasteiger partial charge is 0.350 e. The number of rotatable bonds is 9. The summed E-state index contributed by atoms with van der Waals surface area (Å²) in [4.78, 5) is 12.8. The average Bonchev–Trinajstić information content (AvgIpc) is 2.80. The predicted octanol–water partition coefficient (Wildman–Crippen LogP) is 4.65. The number of sulfonamides is 1. The minimum Gasteiger partial charge on any atom is -0.350 e. The van der Waals surface area contributed by atoms with E-state index in [1.807, 2.05) is 25.1 Å². The van der Waals surface area contributed by atoms with E-state index in [1.165, 1.54) is 9.87 Å². The first-order chi connectivity index (χ1) is 14.9. The minimum absolute atomic E-state index is 0.0259. The number of aryl methyl sites for hydroxylation is 1. The van der Waals surface area contributed by atoms with E-state index in [-0.39, 0.29) is 16.8 Å². The van der Waals surface area contributed by atoms with Gasteiger partial charge < -0.3 is 5.32 Å². The average molecular weight is 437 g/mol. The van der Waals surface area contributed by atoms with Crippen molar-refractivity contribution in [2.75, 3.05) is 10.8 Å². The summed E-state index contributed by atoms with van der Waals surface area (Å²) in [5, 5.41) is 3.01. The summed E-state index contributed by atoms with van der Waals surface area (Å²) >= 11 is 0. The van der Waals surface area contributed by atoms with Gasteiger partial charge in [-0.05, 0) is 68.7 Å². The van der Waals surface area contributed by atoms with Crippen molar-refractivity contribution in [3.05, 3.63) is 96.1 Å². The zero-order chi connectivity index (χ0) is 22.3. The van der Waals surface area contributed by atoms with Gasteiger partial charge in [0.2, 0.25) is 0 Å². The normalized spacial score (nSPS) is 12.2. The van der Waals surface area contributed by atoms with Crippen molar-refractivity contribution >= 4 is 21.6 Å². The van der Waals surface area contributed by atoms with Crippen molar-refractivity contribution in [1.82, 2.24) is 5.32 Å². The van der Waals surface area contributed by atoms with Gasteiger partial charge in [0.05, 0.1) is 10.6 Å². The second kappa shape index (κ2) is 10.3. The summed E-state index contributed by atoms with van der Waals surface area (Å²) in [6.45, 7) is 4.06. The Morgan fingerprint density at radius 2 is 1.48 bits per heavy atom. The molecule has 3 aromatic carbocycles. The number of hydrogen-bond donors (Lipinski definition) is 1. The van der Waals surface area contributed by atoms with Gasteiger partial charge in [0.25, 0.3) is 15.9 Å². The fourth-order valence-electron chi connectivity index (χ4n) is 3.40. The van der Waals surface area contributed by atoms with Crippen molar-refractivity contribution < 1.29 is 13.2 Å². The molecule has 0 radical (unpaired) electrons. The van der Waals surface area contributed by atoms with Crippen LogP contribution in [0.3, 0.4) is 0 Å². The lowest BCUT2D eigenvalue weighted by atomic mass is 10.1. The molecule has 6 heteroatoms. The minimum atomic E-state index is -3.66. The standard InChI is InChI=1S/C25H28N2O3S/c1-3-27(31(29,30)24-12-8-5-9-13-24)23-18-16-22(17-19-23)25(28)26-20(2)14-15-21-10-6-4-7-11-21/h4-13,16-20H,3,14-15H2,1-2H3,(H,26,28). The van der Waals surface area contributed by atoms with Crippen LogP contribution in [0.25, 0.3) is 0 Å². The van der Waals surface area contributed by atoms with Crippen LogP contribution in [0.4, 0.5) is 5.69 Å². The van der Waals surface area contributed by atoms with Crippen molar-refractivity contribution in [3.8, 4) is 0 Å². The molecule has 1 N–H and O–H groups in total. The Balaban J connectivity index is 1.65. The summed E-state index contributed by atoms with van der Waals surface area (Å²) in [7, 11) is -3.66. The molecular weight excluding hydrogens is 408 g/mol. The lowest BCUT2D eigenvalue weighted by Crippen LogP contribution is -2.33. The van der Waals surface area contributed by atoms with Gasteiger partial charge in [-0.1, -0.05) is 48.5 Å². The Morgan fingerprint density at radius 1 is 0.903 bits per heavy atom. The van der Waals surface area contributed by atoms with Gasteiger partial charge in [-0.15, -0.1) is 0 Å². The molecule has 3 aromatic rings. The highest BCUT2D eigenvalue weighted by Gasteiger charge is 2.23. The van der Waals surface area contributed by atoms with Gasteiger partial charge >= 0.3 is 0 Å². The molecule has 0 aliphatic heterocycles. The van der Waals surface area contributed by atoms with E-state index in [0.29, 0.717) is 17.8 Å². The Morgan fingerprint density at radius 3 is 2.06 bits per heavy atom. The molecule has 5 nitrogen and oxygen atoms in total. The molecule has 0 heterocycles. The number of carbonyl (C=O) groups excluding carboxylic acids is 1. The summed E-state index contributed by atoms with van der Waals surface area (Å²) in [5.74, 6) is -0.166. The van der Waals surface area contributed by atoms with E-state index < -0.39 is 10.0 Å². The van der Waals surface area contributed by atoms with Crippen molar-refractivity contribution in [2.24, 2.45) is 0 Å². The van der Waals surface area contributed by atoms with Crippen molar-refractivity contribution in [3.63, 3.8) is 0 Å². The summed E-state index contributed by atoms with van der Waals surface area (Å²) in [5.41, 5.74) is 2.27. The van der Waals surface area contributed by atoms with E-state index >= 15 is 0 Å². The van der Waals surface area contributed by atoms with Crippen LogP contribution in [-0.4, -0.2) is 26.9 Å². The number of nitrogens with zero attached hydrogens (tertiary/aromatic N) is 1. The third kappa shape index (κ3) is 5.73. The first-order valence-electron chi connectivity index (χ1n) is 10.4. The number of nitrogens with one attached hydrogen (secondary N) is 1. The highest BCUT2D eigenvalue weighted by molar-refractivity contribution is 7.92. The summed E-state index contributed by atoms with van der Waals surface area (Å²) < 4.78 is 27.3. The number of hydrogen-bond acceptors (Lipinski definition) is 3. The molecule has 3 rings (SSSR count). The van der Waals surface area contributed by atoms with Gasteiger partial charge in [0, 0.05) is 18.2 Å². The van der Waals surface area contributed by atoms with Gasteiger partial charge in [-0.25, -0.2) is 8.42 Å². The van der Waals surface area contributed by atoms with E-state index in [0.717, 1.165) is 12.8 Å². The van der Waals surface area contributed by atoms with Crippen LogP contribution in [0.15, 0.2) is 89.8 Å². The van der Waals surface area contributed by atoms with E-state index in [1.54, 1.807) is 61.5 Å². The van der Waals surface area contributed by atoms with Gasteiger partial charge in [-0.3, -0.25) is 9.10 Å². The number of anilines is 1. The Bertz CT molecular complexity index is 1080. The highest BCUT2D eigenvalue weighted by Crippen LogP contribution is 2.23. The number of benzene rings is 3. The van der Waals surface area contributed by atoms with Crippen LogP contribution in [0.1, 0.15) is 36.2 Å². The van der Waals surface area contributed by atoms with E-state index in [9.17, 15) is 13.2 Å². The summed E-state index contributed by atoms with van der Waals surface area (Å²) in [6.07, 6.45) is 1.73. The Labute approximate surface area is 184 Å². The molecule has 31 heavy (non-hydrogen) atoms. The lowest BCUT2D eigenvalue weighted by molar-refractivity contribution is 0.0938. The molecule has 0 saturated carbocycles. The maximum absolute atomic E-state index is 13.0. The molecule has 0 aliphatic rings. The van der Waals surface area contributed by atoms with Gasteiger partial charge in [0.15, 0.2) is 0 Å². The molecule has 0 bridgehead atoms. The van der Waals surface area contributed by atoms with Crippen LogP contribution in [0.5, 0.6) is 0 Å². The smallest absolute Gasteiger partial charge is 0.264 e. The molecule has 0 aromatic heterocycles. The Hall–Kier alpha value is -3.12. The molecule has 0 saturated heterocycles. The molecule has 0 spiro atoms. The number of amides is 1. The third-order valence-electron chi connectivity index (χ3n) is 5.12. The Kier molecular flexibility index (Phi) is 7.47. The van der Waals surface area contributed by atoms with Crippen LogP contribution >= 0.6 is 0 Å². The first-order valence-corrected chi connectivity index (χ1v) is 11.9. The zero-order valence-electron chi connectivity index (χ0n) is 17.9. The van der Waals surface area contributed by atoms with E-state index in [4.69, 9.17) is 0 Å². The highest BCUT2D eigenvalue weighted by atomic mass is 32.2. The van der Waals surface area contributed by atoms with Gasteiger partial charge in [-0.2, -0.15) is 0 Å². The maximum atomic E-state index is 13.0. The summed E-state index contributed by atoms with van der Waals surface area (Å²) in [6, 6.07) is 25.2. The monoisotopic (exact) mass is 436 g/mol. The van der Waals surface area contributed by atoms with E-state index in [2.05, 4.69) is 17.4 Å². The topological polar surface area (TPSA) is 66.5 Å². The lowest BCUT2D eigenvalue weighted by Gasteiger charge is -2.23.